The fraction of sp³-hybridized carbons (Fsp3) is 0.889. The topological polar surface area (TPSA) is 60.9 Å². The standard InChI is InChI=1S/C14H24N2O3.2C2H6/c1-11(17)14(19)5-9-16(10-6-14)13(18)12-3-7-15(2)8-4-12;2*1-2/h12,19H,3-10H2,1-2H3;2*1-2H3. The summed E-state index contributed by atoms with van der Waals surface area (Å²) in [5, 5.41) is 10.1. The summed E-state index contributed by atoms with van der Waals surface area (Å²) in [6.07, 6.45) is 2.59. The number of aliphatic hydroxyl groups is 1. The molecule has 0 saturated carbocycles. The van der Waals surface area contributed by atoms with Crippen LogP contribution in [0.4, 0.5) is 0 Å². The molecule has 2 fully saturated rings. The normalized spacial score (nSPS) is 21.4. The zero-order chi connectivity index (χ0) is 18.0. The molecule has 0 unspecified atom stereocenters. The molecule has 0 aromatic rings. The molecule has 0 aromatic carbocycles. The first-order valence-electron chi connectivity index (χ1n) is 9.13. The Bertz CT molecular complexity index is 355. The van der Waals surface area contributed by atoms with Crippen molar-refractivity contribution in [2.75, 3.05) is 33.2 Å². The highest BCUT2D eigenvalue weighted by Gasteiger charge is 2.39. The average molecular weight is 328 g/mol. The third kappa shape index (κ3) is 6.22. The molecule has 5 nitrogen and oxygen atoms in total. The number of carbonyl (C=O) groups excluding carboxylic acids is 2. The van der Waals surface area contributed by atoms with Gasteiger partial charge in [0, 0.05) is 31.8 Å². The molecule has 2 saturated heterocycles. The summed E-state index contributed by atoms with van der Waals surface area (Å²) in [5.74, 6) is 0.150. The van der Waals surface area contributed by atoms with E-state index in [0.29, 0.717) is 25.9 Å². The third-order valence-corrected chi connectivity index (χ3v) is 4.63. The quantitative estimate of drug-likeness (QED) is 0.845. The number of hydrogen-bond acceptors (Lipinski definition) is 4. The molecule has 0 aliphatic carbocycles. The largest absolute Gasteiger partial charge is 0.382 e. The molecule has 0 atom stereocenters. The molecule has 0 spiro atoms. The number of nitrogens with zero attached hydrogens (tertiary/aromatic N) is 2. The Hall–Kier alpha value is -0.940. The number of amides is 1. The van der Waals surface area contributed by atoms with Crippen molar-refractivity contribution in [3.63, 3.8) is 0 Å². The number of rotatable bonds is 2. The highest BCUT2D eigenvalue weighted by Crippen LogP contribution is 2.26. The zero-order valence-electron chi connectivity index (χ0n) is 15.9. The molecule has 5 heteroatoms. The van der Waals surface area contributed by atoms with Gasteiger partial charge in [-0.2, -0.15) is 0 Å². The van der Waals surface area contributed by atoms with Crippen LogP contribution in [0.5, 0.6) is 0 Å². The molecule has 2 aliphatic rings. The second-order valence-electron chi connectivity index (χ2n) is 5.99. The monoisotopic (exact) mass is 328 g/mol. The third-order valence-electron chi connectivity index (χ3n) is 4.63. The molecule has 0 bridgehead atoms. The van der Waals surface area contributed by atoms with E-state index in [2.05, 4.69) is 11.9 Å². The lowest BCUT2D eigenvalue weighted by Crippen LogP contribution is -2.52. The van der Waals surface area contributed by atoms with Crippen molar-refractivity contribution in [2.45, 2.75) is 65.9 Å². The van der Waals surface area contributed by atoms with Crippen molar-refractivity contribution in [3.8, 4) is 0 Å². The van der Waals surface area contributed by atoms with Gasteiger partial charge in [0.25, 0.3) is 0 Å². The van der Waals surface area contributed by atoms with Gasteiger partial charge in [0.05, 0.1) is 0 Å². The molecular weight excluding hydrogens is 292 g/mol. The van der Waals surface area contributed by atoms with Gasteiger partial charge in [-0.05, 0) is 39.9 Å². The Morgan fingerprint density at radius 2 is 1.39 bits per heavy atom. The summed E-state index contributed by atoms with van der Waals surface area (Å²) in [4.78, 5) is 27.8. The smallest absolute Gasteiger partial charge is 0.225 e. The lowest BCUT2D eigenvalue weighted by atomic mass is 9.86. The van der Waals surface area contributed by atoms with Crippen LogP contribution in [0.3, 0.4) is 0 Å². The summed E-state index contributed by atoms with van der Waals surface area (Å²) in [5.41, 5.74) is -1.20. The summed E-state index contributed by atoms with van der Waals surface area (Å²) >= 11 is 0. The number of ketones is 1. The van der Waals surface area contributed by atoms with Gasteiger partial charge in [0.2, 0.25) is 5.91 Å². The van der Waals surface area contributed by atoms with Crippen LogP contribution in [-0.2, 0) is 9.59 Å². The van der Waals surface area contributed by atoms with Crippen molar-refractivity contribution in [1.29, 1.82) is 0 Å². The Balaban J connectivity index is 0.00000112. The van der Waals surface area contributed by atoms with Crippen molar-refractivity contribution in [2.24, 2.45) is 5.92 Å². The minimum atomic E-state index is -1.20. The Kier molecular flexibility index (Phi) is 10.3. The van der Waals surface area contributed by atoms with Crippen molar-refractivity contribution >= 4 is 11.7 Å². The number of piperidine rings is 2. The zero-order valence-corrected chi connectivity index (χ0v) is 15.9. The van der Waals surface area contributed by atoms with Gasteiger partial charge >= 0.3 is 0 Å². The van der Waals surface area contributed by atoms with Crippen LogP contribution in [0.2, 0.25) is 0 Å². The van der Waals surface area contributed by atoms with E-state index in [-0.39, 0.29) is 17.6 Å². The van der Waals surface area contributed by atoms with Gasteiger partial charge in [0.15, 0.2) is 5.78 Å². The Morgan fingerprint density at radius 1 is 0.957 bits per heavy atom. The molecule has 0 aromatic heterocycles. The average Bonchev–Trinajstić information content (AvgIpc) is 2.59. The van der Waals surface area contributed by atoms with Crippen LogP contribution in [0, 0.1) is 5.92 Å². The van der Waals surface area contributed by atoms with Crippen LogP contribution in [-0.4, -0.2) is 65.4 Å². The van der Waals surface area contributed by atoms with Gasteiger partial charge in [0.1, 0.15) is 5.60 Å². The molecule has 2 heterocycles. The maximum atomic E-state index is 12.4. The van der Waals surface area contributed by atoms with Crippen molar-refractivity contribution < 1.29 is 14.7 Å². The lowest BCUT2D eigenvalue weighted by Gasteiger charge is -2.39. The summed E-state index contributed by atoms with van der Waals surface area (Å²) in [6.45, 7) is 12.4. The molecule has 1 N–H and O–H groups in total. The molecule has 2 aliphatic heterocycles. The maximum absolute atomic E-state index is 12.4. The van der Waals surface area contributed by atoms with Gasteiger partial charge in [-0.3, -0.25) is 9.59 Å². The number of carbonyl (C=O) groups is 2. The van der Waals surface area contributed by atoms with E-state index >= 15 is 0 Å². The maximum Gasteiger partial charge on any atom is 0.225 e. The first-order valence-corrected chi connectivity index (χ1v) is 9.13. The van der Waals surface area contributed by atoms with Crippen molar-refractivity contribution in [1.82, 2.24) is 9.80 Å². The summed E-state index contributed by atoms with van der Waals surface area (Å²) < 4.78 is 0. The SMILES string of the molecule is CC.CC.CC(=O)C1(O)CCN(C(=O)C2CCN(C)CC2)CC1. The Labute approximate surface area is 142 Å². The Morgan fingerprint density at radius 3 is 1.78 bits per heavy atom. The minimum absolute atomic E-state index is 0.125. The van der Waals surface area contributed by atoms with Crippen LogP contribution < -0.4 is 0 Å². The van der Waals surface area contributed by atoms with E-state index in [1.807, 2.05) is 32.6 Å². The second kappa shape index (κ2) is 10.8. The lowest BCUT2D eigenvalue weighted by molar-refractivity contribution is -0.148. The number of hydrogen-bond donors (Lipinski definition) is 1. The van der Waals surface area contributed by atoms with Gasteiger partial charge in [-0.15, -0.1) is 0 Å². The summed E-state index contributed by atoms with van der Waals surface area (Å²) in [6, 6.07) is 0. The van der Waals surface area contributed by atoms with E-state index in [1.165, 1.54) is 6.92 Å². The predicted molar refractivity (Wildman–Crippen MR) is 94.4 cm³/mol. The van der Waals surface area contributed by atoms with Crippen molar-refractivity contribution in [3.05, 3.63) is 0 Å². The van der Waals surface area contributed by atoms with Gasteiger partial charge in [-0.1, -0.05) is 27.7 Å². The second-order valence-corrected chi connectivity index (χ2v) is 5.99. The molecule has 0 radical (unpaired) electrons. The molecule has 136 valence electrons. The molecule has 23 heavy (non-hydrogen) atoms. The fourth-order valence-electron chi connectivity index (χ4n) is 2.96. The predicted octanol–water partition coefficient (Wildman–Crippen LogP) is 2.32. The van der Waals surface area contributed by atoms with Gasteiger partial charge < -0.3 is 14.9 Å². The number of likely N-dealkylation sites (tertiary alicyclic amines) is 2. The van der Waals surface area contributed by atoms with E-state index in [9.17, 15) is 14.7 Å². The van der Waals surface area contributed by atoms with Crippen LogP contribution in [0.25, 0.3) is 0 Å². The molecule has 2 rings (SSSR count). The number of Topliss-reactive ketones (excluding diaryl/α,β-unsaturated/α-hetero) is 1. The van der Waals surface area contributed by atoms with Crippen LogP contribution >= 0.6 is 0 Å². The van der Waals surface area contributed by atoms with Gasteiger partial charge in [-0.25, -0.2) is 0 Å². The summed E-state index contributed by atoms with van der Waals surface area (Å²) in [7, 11) is 2.08. The van der Waals surface area contributed by atoms with E-state index < -0.39 is 5.60 Å². The molecule has 1 amide bonds. The first kappa shape index (κ1) is 22.1. The van der Waals surface area contributed by atoms with E-state index in [0.717, 1.165) is 25.9 Å². The molecular formula is C18H36N2O3. The van der Waals surface area contributed by atoms with Crippen LogP contribution in [0.15, 0.2) is 0 Å². The minimum Gasteiger partial charge on any atom is -0.382 e. The fourth-order valence-corrected chi connectivity index (χ4v) is 2.96. The highest BCUT2D eigenvalue weighted by atomic mass is 16.3. The van der Waals surface area contributed by atoms with Crippen LogP contribution in [0.1, 0.15) is 60.3 Å². The van der Waals surface area contributed by atoms with E-state index in [4.69, 9.17) is 0 Å². The highest BCUT2D eigenvalue weighted by molar-refractivity contribution is 5.85. The van der Waals surface area contributed by atoms with E-state index in [1.54, 1.807) is 0 Å². The first-order chi connectivity index (χ1) is 10.9.